The summed E-state index contributed by atoms with van der Waals surface area (Å²) in [5.41, 5.74) is 3.36. The number of carbonyl (C=O) groups excluding carboxylic acids is 2. The molecule has 5 heteroatoms. The van der Waals surface area contributed by atoms with Crippen molar-refractivity contribution in [2.24, 2.45) is 5.92 Å². The largest absolute Gasteiger partial charge is 0.378 e. The number of morpholine rings is 1. The van der Waals surface area contributed by atoms with E-state index >= 15 is 0 Å². The molecule has 5 nitrogen and oxygen atoms in total. The van der Waals surface area contributed by atoms with Crippen LogP contribution in [0.4, 0.5) is 0 Å². The van der Waals surface area contributed by atoms with Crippen molar-refractivity contribution >= 4 is 11.8 Å². The van der Waals surface area contributed by atoms with Gasteiger partial charge in [0.2, 0.25) is 11.8 Å². The van der Waals surface area contributed by atoms with E-state index in [1.165, 1.54) is 5.56 Å². The van der Waals surface area contributed by atoms with Gasteiger partial charge >= 0.3 is 0 Å². The first-order valence-electron chi connectivity index (χ1n) is 10.9. The minimum atomic E-state index is -0.135. The minimum Gasteiger partial charge on any atom is -0.378 e. The summed E-state index contributed by atoms with van der Waals surface area (Å²) < 4.78 is 5.39. The Morgan fingerprint density at radius 3 is 2.50 bits per heavy atom. The second-order valence-corrected chi connectivity index (χ2v) is 8.35. The molecule has 0 bridgehead atoms. The van der Waals surface area contributed by atoms with Crippen molar-refractivity contribution in [3.8, 4) is 0 Å². The number of amides is 2. The van der Waals surface area contributed by atoms with Crippen molar-refractivity contribution in [2.45, 2.75) is 32.2 Å². The summed E-state index contributed by atoms with van der Waals surface area (Å²) in [5, 5.41) is 0. The van der Waals surface area contributed by atoms with Gasteiger partial charge in [-0.05, 0) is 30.9 Å². The molecule has 0 N–H and O–H groups in total. The van der Waals surface area contributed by atoms with Gasteiger partial charge < -0.3 is 14.5 Å². The van der Waals surface area contributed by atoms with Crippen molar-refractivity contribution < 1.29 is 14.3 Å². The molecule has 0 spiro atoms. The highest BCUT2D eigenvalue weighted by atomic mass is 16.5. The quantitative estimate of drug-likeness (QED) is 0.782. The minimum absolute atomic E-state index is 0.0230. The molecular weight excluding hydrogens is 376 g/mol. The van der Waals surface area contributed by atoms with E-state index in [1.807, 2.05) is 40.1 Å². The average Bonchev–Trinajstić information content (AvgIpc) is 2.79. The van der Waals surface area contributed by atoms with Crippen molar-refractivity contribution in [1.82, 2.24) is 9.80 Å². The van der Waals surface area contributed by atoms with Crippen molar-refractivity contribution in [3.63, 3.8) is 0 Å². The Balaban J connectivity index is 1.55. The molecule has 2 amide bonds. The van der Waals surface area contributed by atoms with Gasteiger partial charge in [0.25, 0.3) is 0 Å². The SMILES string of the molecule is Cc1cccc(C2CCC(C(=O)N3CCOCC3)CN2C(=O)Cc2ccccc2)c1. The van der Waals surface area contributed by atoms with Crippen molar-refractivity contribution in [1.29, 1.82) is 0 Å². The number of hydrogen-bond acceptors (Lipinski definition) is 3. The molecule has 2 aromatic carbocycles. The summed E-state index contributed by atoms with van der Waals surface area (Å²) in [4.78, 5) is 30.3. The molecule has 0 saturated carbocycles. The van der Waals surface area contributed by atoms with E-state index in [9.17, 15) is 9.59 Å². The summed E-state index contributed by atoms with van der Waals surface area (Å²) in [5.74, 6) is 0.120. The van der Waals surface area contributed by atoms with Crippen LogP contribution in [0.2, 0.25) is 0 Å². The summed E-state index contributed by atoms with van der Waals surface area (Å²) in [6.45, 7) is 5.05. The third-order valence-electron chi connectivity index (χ3n) is 6.20. The molecule has 2 aromatic rings. The van der Waals surface area contributed by atoms with E-state index in [1.54, 1.807) is 0 Å². The lowest BCUT2D eigenvalue weighted by Gasteiger charge is -2.41. The molecule has 2 heterocycles. The summed E-state index contributed by atoms with van der Waals surface area (Å²) in [6, 6.07) is 18.3. The maximum absolute atomic E-state index is 13.4. The molecule has 2 aliphatic rings. The van der Waals surface area contributed by atoms with E-state index in [0.717, 1.165) is 24.0 Å². The zero-order valence-corrected chi connectivity index (χ0v) is 17.6. The molecular formula is C25H30N2O3. The second-order valence-electron chi connectivity index (χ2n) is 8.35. The lowest BCUT2D eigenvalue weighted by atomic mass is 9.87. The summed E-state index contributed by atoms with van der Waals surface area (Å²) >= 11 is 0. The standard InChI is InChI=1S/C25H30N2O3/c1-19-6-5-9-21(16-19)23-11-10-22(25(29)26-12-14-30-15-13-26)18-27(23)24(28)17-20-7-3-2-4-8-20/h2-9,16,22-23H,10-15,17-18H2,1H3. The Hall–Kier alpha value is -2.66. The van der Waals surface area contributed by atoms with Crippen LogP contribution >= 0.6 is 0 Å². The van der Waals surface area contributed by atoms with E-state index in [-0.39, 0.29) is 23.8 Å². The molecule has 0 radical (unpaired) electrons. The normalized spacial score (nSPS) is 22.0. The molecule has 2 aliphatic heterocycles. The predicted octanol–water partition coefficient (Wildman–Crippen LogP) is 3.38. The van der Waals surface area contributed by atoms with E-state index < -0.39 is 0 Å². The molecule has 30 heavy (non-hydrogen) atoms. The van der Waals surface area contributed by atoms with Gasteiger partial charge in [0, 0.05) is 19.6 Å². The first-order valence-corrected chi connectivity index (χ1v) is 10.9. The van der Waals surface area contributed by atoms with Gasteiger partial charge in [0.1, 0.15) is 0 Å². The zero-order chi connectivity index (χ0) is 20.9. The van der Waals surface area contributed by atoms with Crippen LogP contribution in [0.1, 0.15) is 35.6 Å². The number of benzene rings is 2. The van der Waals surface area contributed by atoms with Crippen LogP contribution in [0.15, 0.2) is 54.6 Å². The predicted molar refractivity (Wildman–Crippen MR) is 116 cm³/mol. The van der Waals surface area contributed by atoms with Crippen LogP contribution in [-0.2, 0) is 20.7 Å². The summed E-state index contributed by atoms with van der Waals surface area (Å²) in [7, 11) is 0. The third kappa shape index (κ3) is 4.73. The first kappa shape index (κ1) is 20.6. The Bertz CT molecular complexity index is 877. The van der Waals surface area contributed by atoms with Gasteiger partial charge in [-0.2, -0.15) is 0 Å². The Morgan fingerprint density at radius 2 is 1.77 bits per heavy atom. The van der Waals surface area contributed by atoms with Crippen LogP contribution in [0.25, 0.3) is 0 Å². The number of rotatable bonds is 4. The van der Waals surface area contributed by atoms with Gasteiger partial charge in [0.15, 0.2) is 0 Å². The number of aryl methyl sites for hydroxylation is 1. The number of ether oxygens (including phenoxy) is 1. The average molecular weight is 407 g/mol. The Morgan fingerprint density at radius 1 is 1.00 bits per heavy atom. The van der Waals surface area contributed by atoms with Crippen molar-refractivity contribution in [3.05, 3.63) is 71.3 Å². The third-order valence-corrected chi connectivity index (χ3v) is 6.20. The Labute approximate surface area is 178 Å². The summed E-state index contributed by atoms with van der Waals surface area (Å²) in [6.07, 6.45) is 1.98. The fourth-order valence-electron chi connectivity index (χ4n) is 4.59. The van der Waals surface area contributed by atoms with Crippen LogP contribution in [0.5, 0.6) is 0 Å². The smallest absolute Gasteiger partial charge is 0.227 e. The number of hydrogen-bond donors (Lipinski definition) is 0. The number of piperidine rings is 1. The first-order chi connectivity index (χ1) is 14.6. The van der Waals surface area contributed by atoms with Gasteiger partial charge in [-0.3, -0.25) is 9.59 Å². The fourth-order valence-corrected chi connectivity index (χ4v) is 4.59. The number of nitrogens with zero attached hydrogens (tertiary/aromatic N) is 2. The van der Waals surface area contributed by atoms with Gasteiger partial charge in [-0.15, -0.1) is 0 Å². The molecule has 2 fully saturated rings. The fraction of sp³-hybridized carbons (Fsp3) is 0.440. The zero-order valence-electron chi connectivity index (χ0n) is 17.6. The maximum Gasteiger partial charge on any atom is 0.227 e. The number of likely N-dealkylation sites (tertiary alicyclic amines) is 1. The lowest BCUT2D eigenvalue weighted by molar-refractivity contribution is -0.145. The highest BCUT2D eigenvalue weighted by Crippen LogP contribution is 2.35. The highest BCUT2D eigenvalue weighted by Gasteiger charge is 2.37. The van der Waals surface area contributed by atoms with Gasteiger partial charge in [-0.1, -0.05) is 60.2 Å². The van der Waals surface area contributed by atoms with Crippen molar-refractivity contribution in [2.75, 3.05) is 32.8 Å². The molecule has 0 aliphatic carbocycles. The molecule has 0 aromatic heterocycles. The second kappa shape index (κ2) is 9.43. The van der Waals surface area contributed by atoms with Crippen LogP contribution in [0.3, 0.4) is 0 Å². The van der Waals surface area contributed by atoms with E-state index in [2.05, 4.69) is 31.2 Å². The van der Waals surface area contributed by atoms with E-state index in [0.29, 0.717) is 39.3 Å². The van der Waals surface area contributed by atoms with Gasteiger partial charge in [0.05, 0.1) is 31.6 Å². The highest BCUT2D eigenvalue weighted by molar-refractivity contribution is 5.83. The molecule has 2 unspecified atom stereocenters. The van der Waals surface area contributed by atoms with E-state index in [4.69, 9.17) is 4.74 Å². The maximum atomic E-state index is 13.4. The van der Waals surface area contributed by atoms with Gasteiger partial charge in [-0.25, -0.2) is 0 Å². The topological polar surface area (TPSA) is 49.9 Å². The number of carbonyl (C=O) groups is 2. The van der Waals surface area contributed by atoms with Crippen LogP contribution in [-0.4, -0.2) is 54.5 Å². The monoisotopic (exact) mass is 406 g/mol. The lowest BCUT2D eigenvalue weighted by Crippen LogP contribution is -2.50. The van der Waals surface area contributed by atoms with Crippen LogP contribution in [0, 0.1) is 12.8 Å². The molecule has 2 atom stereocenters. The van der Waals surface area contributed by atoms with Crippen LogP contribution < -0.4 is 0 Å². The Kier molecular flexibility index (Phi) is 6.48. The molecule has 158 valence electrons. The molecule has 2 saturated heterocycles. The molecule has 4 rings (SSSR count).